The molecule has 2 N–H and O–H groups in total. The molecular weight excluding hydrogens is 397 g/mol. The summed E-state index contributed by atoms with van der Waals surface area (Å²) in [5, 5.41) is 14.1. The lowest BCUT2D eigenvalue weighted by Gasteiger charge is -2.15. The third kappa shape index (κ3) is 3.78. The monoisotopic (exact) mass is 415 g/mol. The molecule has 5 nitrogen and oxygen atoms in total. The number of imidazole rings is 1. The molecule has 0 unspecified atom stereocenters. The summed E-state index contributed by atoms with van der Waals surface area (Å²) in [7, 11) is 0. The first-order chi connectivity index (χ1) is 13.5. The number of carbonyl (C=O) groups excluding carboxylic acids is 1. The molecule has 4 rings (SSSR count). The molecule has 3 aromatic rings. The molecule has 1 aliphatic rings. The van der Waals surface area contributed by atoms with Crippen molar-refractivity contribution >= 4 is 29.1 Å². The van der Waals surface area contributed by atoms with Crippen molar-refractivity contribution in [1.82, 2.24) is 14.9 Å². The van der Waals surface area contributed by atoms with Crippen LogP contribution in [0.5, 0.6) is 0 Å². The standard InChI is InChI=1S/C21H19Cl2N3O2/c22-13-8-10-14(11-9-13)26-12-18(21(28)25-17-6-3-7-19(17)27)24-20(26)15-4-1-2-5-16(15)23/h1-2,4-5,8-12,17,19,27H,3,6-7H2,(H,25,28)/t17-,19-/m1/s1. The molecule has 0 radical (unpaired) electrons. The second-order valence-electron chi connectivity index (χ2n) is 6.85. The van der Waals surface area contributed by atoms with Crippen LogP contribution in [0.2, 0.25) is 10.0 Å². The lowest BCUT2D eigenvalue weighted by molar-refractivity contribution is 0.0869. The quantitative estimate of drug-likeness (QED) is 0.659. The molecule has 1 aromatic heterocycles. The SMILES string of the molecule is O=C(N[C@@H]1CCC[C@H]1O)c1cn(-c2ccc(Cl)cc2)c(-c2ccccc2Cl)n1. The normalized spacial score (nSPS) is 19.0. The summed E-state index contributed by atoms with van der Waals surface area (Å²) in [5.41, 5.74) is 1.80. The third-order valence-electron chi connectivity index (χ3n) is 4.95. The third-order valence-corrected chi connectivity index (χ3v) is 5.54. The number of aliphatic hydroxyl groups excluding tert-OH is 1. The Morgan fingerprint density at radius 2 is 1.86 bits per heavy atom. The number of aliphatic hydroxyl groups is 1. The highest BCUT2D eigenvalue weighted by molar-refractivity contribution is 6.33. The van der Waals surface area contributed by atoms with E-state index in [0.717, 1.165) is 24.1 Å². The highest BCUT2D eigenvalue weighted by atomic mass is 35.5. The summed E-state index contributed by atoms with van der Waals surface area (Å²) < 4.78 is 1.82. The number of carbonyl (C=O) groups is 1. The van der Waals surface area contributed by atoms with E-state index in [9.17, 15) is 9.90 Å². The van der Waals surface area contributed by atoms with Crippen molar-refractivity contribution in [1.29, 1.82) is 0 Å². The number of hydrogen-bond donors (Lipinski definition) is 2. The van der Waals surface area contributed by atoms with E-state index in [1.165, 1.54) is 0 Å². The molecule has 7 heteroatoms. The van der Waals surface area contributed by atoms with Gasteiger partial charge in [0.25, 0.3) is 5.91 Å². The van der Waals surface area contributed by atoms with E-state index >= 15 is 0 Å². The molecule has 1 aliphatic carbocycles. The van der Waals surface area contributed by atoms with Gasteiger partial charge in [-0.3, -0.25) is 9.36 Å². The van der Waals surface area contributed by atoms with Gasteiger partial charge in [0.15, 0.2) is 0 Å². The Hall–Kier alpha value is -2.34. The molecule has 2 aromatic carbocycles. The van der Waals surface area contributed by atoms with Crippen LogP contribution in [0.15, 0.2) is 54.7 Å². The van der Waals surface area contributed by atoms with E-state index in [0.29, 0.717) is 22.3 Å². The number of nitrogens with one attached hydrogen (secondary N) is 1. The molecule has 1 heterocycles. The Labute approximate surface area is 172 Å². The number of nitrogens with zero attached hydrogens (tertiary/aromatic N) is 2. The molecule has 144 valence electrons. The van der Waals surface area contributed by atoms with E-state index in [4.69, 9.17) is 23.2 Å². The van der Waals surface area contributed by atoms with Crippen molar-refractivity contribution in [2.45, 2.75) is 31.4 Å². The van der Waals surface area contributed by atoms with Gasteiger partial charge in [0.1, 0.15) is 11.5 Å². The Morgan fingerprint density at radius 1 is 1.11 bits per heavy atom. The highest BCUT2D eigenvalue weighted by Crippen LogP contribution is 2.30. The van der Waals surface area contributed by atoms with Crippen LogP contribution in [0, 0.1) is 0 Å². The second-order valence-corrected chi connectivity index (χ2v) is 7.70. The zero-order chi connectivity index (χ0) is 19.7. The van der Waals surface area contributed by atoms with Crippen molar-refractivity contribution in [2.24, 2.45) is 0 Å². The van der Waals surface area contributed by atoms with E-state index in [2.05, 4.69) is 10.3 Å². The fourth-order valence-electron chi connectivity index (χ4n) is 3.47. The Morgan fingerprint density at radius 3 is 2.54 bits per heavy atom. The summed E-state index contributed by atoms with van der Waals surface area (Å²) in [6, 6.07) is 14.4. The molecule has 1 amide bonds. The predicted octanol–water partition coefficient (Wildman–Crippen LogP) is 4.49. The lowest BCUT2D eigenvalue weighted by Crippen LogP contribution is -2.40. The first-order valence-electron chi connectivity index (χ1n) is 9.12. The predicted molar refractivity (Wildman–Crippen MR) is 110 cm³/mol. The molecule has 0 spiro atoms. The maximum absolute atomic E-state index is 12.8. The smallest absolute Gasteiger partial charge is 0.271 e. The number of aromatic nitrogens is 2. The van der Waals surface area contributed by atoms with Crippen LogP contribution in [0.25, 0.3) is 17.1 Å². The van der Waals surface area contributed by atoms with Gasteiger partial charge >= 0.3 is 0 Å². The zero-order valence-corrected chi connectivity index (χ0v) is 16.5. The molecule has 2 atom stereocenters. The summed E-state index contributed by atoms with van der Waals surface area (Å²) in [6.07, 6.45) is 3.54. The van der Waals surface area contributed by atoms with E-state index in [-0.39, 0.29) is 17.6 Å². The highest BCUT2D eigenvalue weighted by Gasteiger charge is 2.28. The lowest BCUT2D eigenvalue weighted by atomic mass is 10.2. The largest absolute Gasteiger partial charge is 0.391 e. The molecule has 0 aliphatic heterocycles. The Kier molecular flexibility index (Phi) is 5.40. The molecule has 1 fully saturated rings. The van der Waals surface area contributed by atoms with Crippen LogP contribution in [-0.4, -0.2) is 32.7 Å². The van der Waals surface area contributed by atoms with Crippen LogP contribution in [0.4, 0.5) is 0 Å². The van der Waals surface area contributed by atoms with Crippen molar-refractivity contribution in [3.8, 4) is 17.1 Å². The van der Waals surface area contributed by atoms with Crippen LogP contribution in [-0.2, 0) is 0 Å². The molecule has 0 saturated heterocycles. The van der Waals surface area contributed by atoms with Gasteiger partial charge in [-0.2, -0.15) is 0 Å². The van der Waals surface area contributed by atoms with Gasteiger partial charge in [-0.15, -0.1) is 0 Å². The first-order valence-corrected chi connectivity index (χ1v) is 9.87. The molecule has 1 saturated carbocycles. The fraction of sp³-hybridized carbons (Fsp3) is 0.238. The number of halogens is 2. The number of hydrogen-bond acceptors (Lipinski definition) is 3. The average molecular weight is 416 g/mol. The zero-order valence-electron chi connectivity index (χ0n) is 15.0. The van der Waals surface area contributed by atoms with Crippen LogP contribution in [0.1, 0.15) is 29.8 Å². The molecule has 28 heavy (non-hydrogen) atoms. The van der Waals surface area contributed by atoms with Gasteiger partial charge in [-0.25, -0.2) is 4.98 Å². The van der Waals surface area contributed by atoms with Gasteiger partial charge in [0, 0.05) is 22.5 Å². The van der Waals surface area contributed by atoms with Crippen LogP contribution >= 0.6 is 23.2 Å². The van der Waals surface area contributed by atoms with Gasteiger partial charge in [-0.1, -0.05) is 35.3 Å². The minimum Gasteiger partial charge on any atom is -0.391 e. The van der Waals surface area contributed by atoms with Gasteiger partial charge in [0.2, 0.25) is 0 Å². The summed E-state index contributed by atoms with van der Waals surface area (Å²) in [5.74, 6) is 0.247. The summed E-state index contributed by atoms with van der Waals surface area (Å²) in [6.45, 7) is 0. The fourth-order valence-corrected chi connectivity index (χ4v) is 3.82. The van der Waals surface area contributed by atoms with Gasteiger partial charge in [0.05, 0.1) is 17.2 Å². The maximum atomic E-state index is 12.8. The van der Waals surface area contributed by atoms with Crippen molar-refractivity contribution in [3.63, 3.8) is 0 Å². The van der Waals surface area contributed by atoms with Crippen LogP contribution in [0.3, 0.4) is 0 Å². The Balaban J connectivity index is 1.74. The van der Waals surface area contributed by atoms with Crippen molar-refractivity contribution in [2.75, 3.05) is 0 Å². The summed E-state index contributed by atoms with van der Waals surface area (Å²) in [4.78, 5) is 17.3. The topological polar surface area (TPSA) is 67.2 Å². The minimum absolute atomic E-state index is 0.239. The van der Waals surface area contributed by atoms with Gasteiger partial charge in [-0.05, 0) is 55.7 Å². The average Bonchev–Trinajstić information content (AvgIpc) is 3.30. The number of benzene rings is 2. The minimum atomic E-state index is -0.509. The van der Waals surface area contributed by atoms with E-state index < -0.39 is 6.10 Å². The summed E-state index contributed by atoms with van der Waals surface area (Å²) >= 11 is 12.4. The maximum Gasteiger partial charge on any atom is 0.271 e. The molecular formula is C21H19Cl2N3O2. The van der Waals surface area contributed by atoms with Crippen molar-refractivity contribution in [3.05, 3.63) is 70.5 Å². The number of amides is 1. The van der Waals surface area contributed by atoms with E-state index in [1.807, 2.05) is 34.9 Å². The van der Waals surface area contributed by atoms with Crippen LogP contribution < -0.4 is 5.32 Å². The number of rotatable bonds is 4. The Bertz CT molecular complexity index is 1000. The second kappa shape index (κ2) is 7.95. The van der Waals surface area contributed by atoms with Crippen molar-refractivity contribution < 1.29 is 9.90 Å². The first kappa shape index (κ1) is 19.0. The van der Waals surface area contributed by atoms with Gasteiger partial charge < -0.3 is 10.4 Å². The van der Waals surface area contributed by atoms with E-state index in [1.54, 1.807) is 24.4 Å². The molecule has 0 bridgehead atoms.